The van der Waals surface area contributed by atoms with Crippen molar-refractivity contribution in [2.75, 3.05) is 6.54 Å². The number of carbonyl (C=O) groups is 1. The number of amides is 1. The first kappa shape index (κ1) is 13.8. The minimum Gasteiger partial charge on any atom is -0.361 e. The third-order valence-electron chi connectivity index (χ3n) is 3.69. The first-order chi connectivity index (χ1) is 10.2. The average molecular weight is 286 g/mol. The van der Waals surface area contributed by atoms with Crippen molar-refractivity contribution in [3.8, 4) is 0 Å². The maximum atomic E-state index is 12.0. The molecule has 0 saturated carbocycles. The number of carbonyl (C=O) groups excluding carboxylic acids is 1. The Bertz CT molecular complexity index is 611. The van der Waals surface area contributed by atoms with Gasteiger partial charge >= 0.3 is 0 Å². The summed E-state index contributed by atoms with van der Waals surface area (Å²) >= 11 is 0. The van der Waals surface area contributed by atoms with Crippen molar-refractivity contribution in [2.45, 2.75) is 25.4 Å². The van der Waals surface area contributed by atoms with Crippen molar-refractivity contribution in [3.05, 3.63) is 53.4 Å². The third-order valence-corrected chi connectivity index (χ3v) is 3.69. The summed E-state index contributed by atoms with van der Waals surface area (Å²) in [6.07, 6.45) is 2.37. The molecule has 3 N–H and O–H groups in total. The van der Waals surface area contributed by atoms with Gasteiger partial charge in [0.15, 0.2) is 0 Å². The average Bonchev–Trinajstić information content (AvgIpc) is 3.15. The van der Waals surface area contributed by atoms with Crippen LogP contribution in [0.1, 0.15) is 34.1 Å². The van der Waals surface area contributed by atoms with E-state index < -0.39 is 0 Å². The summed E-state index contributed by atoms with van der Waals surface area (Å²) in [4.78, 5) is 12.0. The summed E-state index contributed by atoms with van der Waals surface area (Å²) in [5, 5.41) is 6.51. The Morgan fingerprint density at radius 3 is 2.90 bits per heavy atom. The fraction of sp³-hybridized carbons (Fsp3) is 0.333. The van der Waals surface area contributed by atoms with E-state index in [1.54, 1.807) is 6.92 Å². The number of hydrogen-bond donors (Lipinski definition) is 3. The van der Waals surface area contributed by atoms with Crippen molar-refractivity contribution in [3.63, 3.8) is 0 Å². The molecule has 2 atom stereocenters. The molecule has 21 heavy (non-hydrogen) atoms. The van der Waals surface area contributed by atoms with Crippen molar-refractivity contribution in [2.24, 2.45) is 0 Å². The SMILES string of the molecule is Cc1oncc1C(=O)NCC1CC(c2ccccc2)NN1. The number of aryl methyl sites for hydroxylation is 1. The Balaban J connectivity index is 1.52. The largest absolute Gasteiger partial charge is 0.361 e. The number of rotatable bonds is 4. The summed E-state index contributed by atoms with van der Waals surface area (Å²) in [5.41, 5.74) is 8.21. The van der Waals surface area contributed by atoms with E-state index in [1.807, 2.05) is 18.2 Å². The van der Waals surface area contributed by atoms with Crippen LogP contribution < -0.4 is 16.2 Å². The molecule has 1 aliphatic rings. The molecule has 1 aromatic heterocycles. The maximum Gasteiger partial charge on any atom is 0.256 e. The zero-order valence-corrected chi connectivity index (χ0v) is 11.8. The van der Waals surface area contributed by atoms with Crippen molar-refractivity contribution >= 4 is 5.91 Å². The van der Waals surface area contributed by atoms with Gasteiger partial charge in [-0.05, 0) is 18.9 Å². The number of hydrogen-bond acceptors (Lipinski definition) is 5. The number of aromatic nitrogens is 1. The normalized spacial score (nSPS) is 21.4. The molecule has 1 fully saturated rings. The first-order valence-corrected chi connectivity index (χ1v) is 6.99. The number of nitrogens with one attached hydrogen (secondary N) is 3. The highest BCUT2D eigenvalue weighted by atomic mass is 16.5. The van der Waals surface area contributed by atoms with Crippen LogP contribution >= 0.6 is 0 Å². The fourth-order valence-corrected chi connectivity index (χ4v) is 2.49. The van der Waals surface area contributed by atoms with Crippen LogP contribution in [-0.2, 0) is 0 Å². The molecule has 2 heterocycles. The molecule has 110 valence electrons. The molecule has 6 nitrogen and oxygen atoms in total. The van der Waals surface area contributed by atoms with E-state index in [0.717, 1.165) is 6.42 Å². The Kier molecular flexibility index (Phi) is 3.98. The van der Waals surface area contributed by atoms with Gasteiger partial charge in [-0.3, -0.25) is 10.2 Å². The lowest BCUT2D eigenvalue weighted by Gasteiger charge is -2.10. The summed E-state index contributed by atoms with van der Waals surface area (Å²) < 4.78 is 4.89. The van der Waals surface area contributed by atoms with Gasteiger partial charge in [0.05, 0.1) is 6.20 Å². The molecular weight excluding hydrogens is 268 g/mol. The van der Waals surface area contributed by atoms with E-state index in [0.29, 0.717) is 17.9 Å². The predicted octanol–water partition coefficient (Wildman–Crippen LogP) is 1.32. The lowest BCUT2D eigenvalue weighted by atomic mass is 10.0. The van der Waals surface area contributed by atoms with E-state index in [1.165, 1.54) is 11.8 Å². The van der Waals surface area contributed by atoms with Crippen LogP contribution in [0.4, 0.5) is 0 Å². The summed E-state index contributed by atoms with van der Waals surface area (Å²) in [6, 6.07) is 10.7. The van der Waals surface area contributed by atoms with Gasteiger partial charge in [-0.1, -0.05) is 35.5 Å². The van der Waals surface area contributed by atoms with E-state index in [4.69, 9.17) is 4.52 Å². The molecule has 0 spiro atoms. The van der Waals surface area contributed by atoms with Gasteiger partial charge in [-0.2, -0.15) is 0 Å². The summed E-state index contributed by atoms with van der Waals surface area (Å²) in [7, 11) is 0. The second-order valence-electron chi connectivity index (χ2n) is 5.19. The molecule has 1 amide bonds. The van der Waals surface area contributed by atoms with Gasteiger partial charge in [-0.25, -0.2) is 5.43 Å². The van der Waals surface area contributed by atoms with E-state index in [-0.39, 0.29) is 18.0 Å². The molecule has 1 saturated heterocycles. The molecule has 1 aromatic carbocycles. The van der Waals surface area contributed by atoms with Gasteiger partial charge in [0.2, 0.25) is 0 Å². The number of nitrogens with zero attached hydrogens (tertiary/aromatic N) is 1. The highest BCUT2D eigenvalue weighted by Gasteiger charge is 2.25. The molecule has 1 aliphatic heterocycles. The van der Waals surface area contributed by atoms with Crippen LogP contribution in [0.3, 0.4) is 0 Å². The van der Waals surface area contributed by atoms with E-state index >= 15 is 0 Å². The van der Waals surface area contributed by atoms with Crippen LogP contribution in [0, 0.1) is 6.92 Å². The lowest BCUT2D eigenvalue weighted by Crippen LogP contribution is -2.40. The van der Waals surface area contributed by atoms with Gasteiger partial charge < -0.3 is 9.84 Å². The molecule has 3 rings (SSSR count). The molecule has 2 aromatic rings. The highest BCUT2D eigenvalue weighted by molar-refractivity contribution is 5.94. The molecular formula is C15H18N4O2. The van der Waals surface area contributed by atoms with Crippen LogP contribution in [0.5, 0.6) is 0 Å². The standard InChI is InChI=1S/C15H18N4O2/c1-10-13(9-17-21-10)15(20)16-8-12-7-14(19-18-12)11-5-3-2-4-6-11/h2-6,9,12,14,18-19H,7-8H2,1H3,(H,16,20). The first-order valence-electron chi connectivity index (χ1n) is 6.99. The third kappa shape index (κ3) is 3.12. The molecule has 2 unspecified atom stereocenters. The lowest BCUT2D eigenvalue weighted by molar-refractivity contribution is 0.0948. The monoisotopic (exact) mass is 286 g/mol. The van der Waals surface area contributed by atoms with Gasteiger partial charge in [0, 0.05) is 18.6 Å². The Hall–Kier alpha value is -2.18. The molecule has 0 radical (unpaired) electrons. The Labute approximate surface area is 122 Å². The minimum atomic E-state index is -0.154. The predicted molar refractivity (Wildman–Crippen MR) is 77.4 cm³/mol. The van der Waals surface area contributed by atoms with Crippen molar-refractivity contribution < 1.29 is 9.32 Å². The smallest absolute Gasteiger partial charge is 0.256 e. The van der Waals surface area contributed by atoms with Crippen LogP contribution in [0.15, 0.2) is 41.1 Å². The topological polar surface area (TPSA) is 79.2 Å². The minimum absolute atomic E-state index is 0.154. The molecule has 0 bridgehead atoms. The van der Waals surface area contributed by atoms with Crippen LogP contribution in [-0.4, -0.2) is 23.7 Å². The second kappa shape index (κ2) is 6.07. The molecule has 0 aliphatic carbocycles. The Morgan fingerprint density at radius 1 is 1.38 bits per heavy atom. The van der Waals surface area contributed by atoms with E-state index in [2.05, 4.69) is 33.5 Å². The molecule has 6 heteroatoms. The Morgan fingerprint density at radius 2 is 2.19 bits per heavy atom. The highest BCUT2D eigenvalue weighted by Crippen LogP contribution is 2.21. The number of benzene rings is 1. The second-order valence-corrected chi connectivity index (χ2v) is 5.19. The summed E-state index contributed by atoms with van der Waals surface area (Å²) in [6.45, 7) is 2.28. The zero-order chi connectivity index (χ0) is 14.7. The van der Waals surface area contributed by atoms with Gasteiger partial charge in [-0.15, -0.1) is 0 Å². The fourth-order valence-electron chi connectivity index (χ4n) is 2.49. The zero-order valence-electron chi connectivity index (χ0n) is 11.8. The van der Waals surface area contributed by atoms with Crippen LogP contribution in [0.2, 0.25) is 0 Å². The number of hydrazine groups is 1. The quantitative estimate of drug-likeness (QED) is 0.790. The summed E-state index contributed by atoms with van der Waals surface area (Å²) in [5.74, 6) is 0.380. The van der Waals surface area contributed by atoms with E-state index in [9.17, 15) is 4.79 Å². The van der Waals surface area contributed by atoms with Crippen molar-refractivity contribution in [1.82, 2.24) is 21.3 Å². The van der Waals surface area contributed by atoms with Crippen molar-refractivity contribution in [1.29, 1.82) is 0 Å². The van der Waals surface area contributed by atoms with Gasteiger partial charge in [0.25, 0.3) is 5.91 Å². The maximum absolute atomic E-state index is 12.0. The van der Waals surface area contributed by atoms with Crippen LogP contribution in [0.25, 0.3) is 0 Å². The van der Waals surface area contributed by atoms with Gasteiger partial charge in [0.1, 0.15) is 11.3 Å².